The standard InChI is InChI=1S/C19H21ClN4O3/c20-16-1-3-17(4-2-16)23-19(26)15-11-14(12-21-13-15)18(25)22-5-6-24-7-9-27-10-8-24/h1-4,11-13H,5-10H2,(H,22,25)(H,23,26). The zero-order valence-electron chi connectivity index (χ0n) is 14.8. The van der Waals surface area contributed by atoms with E-state index in [9.17, 15) is 9.59 Å². The summed E-state index contributed by atoms with van der Waals surface area (Å²) in [5, 5.41) is 6.20. The van der Waals surface area contributed by atoms with Gasteiger partial charge in [-0.2, -0.15) is 0 Å². The van der Waals surface area contributed by atoms with E-state index >= 15 is 0 Å². The predicted molar refractivity (Wildman–Crippen MR) is 103 cm³/mol. The molecule has 8 heteroatoms. The SMILES string of the molecule is O=C(NCCN1CCOCC1)c1cncc(C(=O)Nc2ccc(Cl)cc2)c1. The molecule has 0 atom stereocenters. The number of halogens is 1. The van der Waals surface area contributed by atoms with E-state index in [0.717, 1.165) is 32.8 Å². The second-order valence-electron chi connectivity index (χ2n) is 6.13. The number of aromatic nitrogens is 1. The number of carbonyl (C=O) groups excluding carboxylic acids is 2. The highest BCUT2D eigenvalue weighted by atomic mass is 35.5. The summed E-state index contributed by atoms with van der Waals surface area (Å²) in [4.78, 5) is 30.9. The minimum absolute atomic E-state index is 0.253. The summed E-state index contributed by atoms with van der Waals surface area (Å²) < 4.78 is 5.30. The second-order valence-corrected chi connectivity index (χ2v) is 6.57. The summed E-state index contributed by atoms with van der Waals surface area (Å²) in [5.74, 6) is -0.593. The summed E-state index contributed by atoms with van der Waals surface area (Å²) in [6, 6.07) is 8.32. The van der Waals surface area contributed by atoms with Crippen molar-refractivity contribution in [3.8, 4) is 0 Å². The molecule has 2 heterocycles. The molecule has 2 aromatic rings. The molecule has 27 heavy (non-hydrogen) atoms. The molecule has 0 spiro atoms. The third-order valence-corrected chi connectivity index (χ3v) is 4.43. The summed E-state index contributed by atoms with van der Waals surface area (Å²) >= 11 is 5.84. The van der Waals surface area contributed by atoms with Crippen molar-refractivity contribution in [1.29, 1.82) is 0 Å². The molecule has 0 unspecified atom stereocenters. The van der Waals surface area contributed by atoms with Crippen molar-refractivity contribution in [3.05, 3.63) is 58.9 Å². The van der Waals surface area contributed by atoms with Gasteiger partial charge in [0.2, 0.25) is 0 Å². The second kappa shape index (κ2) is 9.45. The molecular weight excluding hydrogens is 368 g/mol. The molecule has 1 saturated heterocycles. The Kier molecular flexibility index (Phi) is 6.75. The van der Waals surface area contributed by atoms with E-state index in [1.54, 1.807) is 24.3 Å². The molecule has 0 aliphatic carbocycles. The molecule has 0 bridgehead atoms. The van der Waals surface area contributed by atoms with Crippen LogP contribution in [0.1, 0.15) is 20.7 Å². The van der Waals surface area contributed by atoms with Crippen molar-refractivity contribution >= 4 is 29.1 Å². The van der Waals surface area contributed by atoms with Crippen molar-refractivity contribution in [2.24, 2.45) is 0 Å². The lowest BCUT2D eigenvalue weighted by Crippen LogP contribution is -2.41. The first-order valence-electron chi connectivity index (χ1n) is 8.72. The fourth-order valence-electron chi connectivity index (χ4n) is 2.68. The number of morpholine rings is 1. The Labute approximate surface area is 162 Å². The third kappa shape index (κ3) is 5.75. The van der Waals surface area contributed by atoms with Crippen LogP contribution in [0.2, 0.25) is 5.02 Å². The number of nitrogens with one attached hydrogen (secondary N) is 2. The average molecular weight is 389 g/mol. The van der Waals surface area contributed by atoms with Crippen LogP contribution >= 0.6 is 11.6 Å². The molecule has 7 nitrogen and oxygen atoms in total. The van der Waals surface area contributed by atoms with Crippen LogP contribution in [0.5, 0.6) is 0 Å². The number of pyridine rings is 1. The number of hydrogen-bond acceptors (Lipinski definition) is 5. The van der Waals surface area contributed by atoms with E-state index in [4.69, 9.17) is 16.3 Å². The van der Waals surface area contributed by atoms with E-state index in [1.807, 2.05) is 0 Å². The molecular formula is C19H21ClN4O3. The predicted octanol–water partition coefficient (Wildman–Crippen LogP) is 2.05. The maximum Gasteiger partial charge on any atom is 0.257 e. The molecule has 0 radical (unpaired) electrons. The first-order chi connectivity index (χ1) is 13.1. The Balaban J connectivity index is 1.54. The van der Waals surface area contributed by atoms with Crippen LogP contribution in [0, 0.1) is 0 Å². The van der Waals surface area contributed by atoms with Crippen LogP contribution < -0.4 is 10.6 Å². The van der Waals surface area contributed by atoms with Gasteiger partial charge < -0.3 is 15.4 Å². The number of hydrogen-bond donors (Lipinski definition) is 2. The Morgan fingerprint density at radius 3 is 2.44 bits per heavy atom. The average Bonchev–Trinajstić information content (AvgIpc) is 2.70. The largest absolute Gasteiger partial charge is 0.379 e. The van der Waals surface area contributed by atoms with E-state index in [1.165, 1.54) is 18.5 Å². The molecule has 2 amide bonds. The van der Waals surface area contributed by atoms with Crippen LogP contribution in [0.3, 0.4) is 0 Å². The lowest BCUT2D eigenvalue weighted by atomic mass is 10.2. The van der Waals surface area contributed by atoms with Crippen LogP contribution in [0.25, 0.3) is 0 Å². The van der Waals surface area contributed by atoms with Gasteiger partial charge in [-0.15, -0.1) is 0 Å². The number of rotatable bonds is 6. The topological polar surface area (TPSA) is 83.6 Å². The normalized spacial score (nSPS) is 14.6. The fraction of sp³-hybridized carbons (Fsp3) is 0.316. The van der Waals surface area contributed by atoms with Crippen molar-refractivity contribution in [2.75, 3.05) is 44.7 Å². The van der Waals surface area contributed by atoms with E-state index in [2.05, 4.69) is 20.5 Å². The first-order valence-corrected chi connectivity index (χ1v) is 9.10. The van der Waals surface area contributed by atoms with Crippen LogP contribution in [0.4, 0.5) is 5.69 Å². The molecule has 1 aliphatic rings. The highest BCUT2D eigenvalue weighted by Crippen LogP contribution is 2.14. The number of amides is 2. The molecule has 142 valence electrons. The van der Waals surface area contributed by atoms with Crippen molar-refractivity contribution < 1.29 is 14.3 Å². The van der Waals surface area contributed by atoms with Gasteiger partial charge in [0, 0.05) is 49.3 Å². The van der Waals surface area contributed by atoms with Gasteiger partial charge in [-0.3, -0.25) is 19.5 Å². The van der Waals surface area contributed by atoms with E-state index in [-0.39, 0.29) is 11.8 Å². The van der Waals surface area contributed by atoms with Gasteiger partial charge in [-0.1, -0.05) is 11.6 Å². The smallest absolute Gasteiger partial charge is 0.257 e. The Morgan fingerprint density at radius 1 is 1.07 bits per heavy atom. The minimum atomic E-state index is -0.340. The molecule has 0 saturated carbocycles. The summed E-state index contributed by atoms with van der Waals surface area (Å²) in [6.45, 7) is 4.49. The van der Waals surface area contributed by atoms with Gasteiger partial charge in [-0.05, 0) is 30.3 Å². The Morgan fingerprint density at radius 2 is 1.74 bits per heavy atom. The number of ether oxygens (including phenoxy) is 1. The highest BCUT2D eigenvalue weighted by Gasteiger charge is 2.13. The lowest BCUT2D eigenvalue weighted by Gasteiger charge is -2.26. The maximum atomic E-state index is 12.4. The third-order valence-electron chi connectivity index (χ3n) is 4.18. The summed E-state index contributed by atoms with van der Waals surface area (Å²) in [5.41, 5.74) is 1.27. The zero-order valence-corrected chi connectivity index (χ0v) is 15.5. The number of carbonyl (C=O) groups is 2. The van der Waals surface area contributed by atoms with Crippen LogP contribution in [-0.4, -0.2) is 61.1 Å². The summed E-state index contributed by atoms with van der Waals surface area (Å²) in [6.07, 6.45) is 2.87. The number of anilines is 1. The van der Waals surface area contributed by atoms with Crippen molar-refractivity contribution in [1.82, 2.24) is 15.2 Å². The van der Waals surface area contributed by atoms with Crippen LogP contribution in [-0.2, 0) is 4.74 Å². The van der Waals surface area contributed by atoms with Crippen molar-refractivity contribution in [3.63, 3.8) is 0 Å². The molecule has 1 fully saturated rings. The van der Waals surface area contributed by atoms with Gasteiger partial charge in [0.15, 0.2) is 0 Å². The van der Waals surface area contributed by atoms with Crippen LogP contribution in [0.15, 0.2) is 42.7 Å². The number of benzene rings is 1. The summed E-state index contributed by atoms with van der Waals surface area (Å²) in [7, 11) is 0. The Bertz CT molecular complexity index is 792. The molecule has 1 aliphatic heterocycles. The lowest BCUT2D eigenvalue weighted by molar-refractivity contribution is 0.0383. The minimum Gasteiger partial charge on any atom is -0.379 e. The molecule has 3 rings (SSSR count). The van der Waals surface area contributed by atoms with E-state index < -0.39 is 0 Å². The van der Waals surface area contributed by atoms with Gasteiger partial charge in [-0.25, -0.2) is 0 Å². The quantitative estimate of drug-likeness (QED) is 0.791. The monoisotopic (exact) mass is 388 g/mol. The number of nitrogens with zero attached hydrogens (tertiary/aromatic N) is 2. The molecule has 1 aromatic heterocycles. The van der Waals surface area contributed by atoms with Gasteiger partial charge >= 0.3 is 0 Å². The first kappa shape index (κ1) is 19.3. The van der Waals surface area contributed by atoms with Gasteiger partial charge in [0.1, 0.15) is 0 Å². The maximum absolute atomic E-state index is 12.4. The molecule has 2 N–H and O–H groups in total. The highest BCUT2D eigenvalue weighted by molar-refractivity contribution is 6.30. The zero-order chi connectivity index (χ0) is 19.1. The fourth-order valence-corrected chi connectivity index (χ4v) is 2.81. The molecule has 1 aromatic carbocycles. The van der Waals surface area contributed by atoms with Crippen molar-refractivity contribution in [2.45, 2.75) is 0 Å². The Hall–Kier alpha value is -2.48. The van der Waals surface area contributed by atoms with Gasteiger partial charge in [0.25, 0.3) is 11.8 Å². The van der Waals surface area contributed by atoms with Gasteiger partial charge in [0.05, 0.1) is 24.3 Å². The van der Waals surface area contributed by atoms with E-state index in [0.29, 0.717) is 28.4 Å².